The van der Waals surface area contributed by atoms with Gasteiger partial charge < -0.3 is 18.8 Å². The average Bonchev–Trinajstić information content (AvgIpc) is 3.06. The van der Waals surface area contributed by atoms with Crippen molar-refractivity contribution in [3.05, 3.63) is 53.2 Å². The van der Waals surface area contributed by atoms with Crippen molar-refractivity contribution in [2.24, 2.45) is 4.99 Å². The van der Waals surface area contributed by atoms with E-state index in [4.69, 9.17) is 14.2 Å². The van der Waals surface area contributed by atoms with Gasteiger partial charge in [0.05, 0.1) is 16.8 Å². The molecule has 3 aromatic rings. The van der Waals surface area contributed by atoms with Crippen molar-refractivity contribution in [3.8, 4) is 0 Å². The average molecular weight is 398 g/mol. The fourth-order valence-corrected chi connectivity index (χ4v) is 4.16. The third-order valence-corrected chi connectivity index (χ3v) is 5.35. The Kier molecular flexibility index (Phi) is 5.12. The summed E-state index contributed by atoms with van der Waals surface area (Å²) >= 11 is 1.35. The SMILES string of the molecule is CCOC(=O)Cn1c(=NC(=O)C2=COCCO2)sc2c3ccccc3ccc21. The van der Waals surface area contributed by atoms with Gasteiger partial charge in [0.15, 0.2) is 4.80 Å². The van der Waals surface area contributed by atoms with Crippen LogP contribution in [0.15, 0.2) is 53.4 Å². The van der Waals surface area contributed by atoms with Crippen LogP contribution in [0.25, 0.3) is 21.0 Å². The molecule has 0 fully saturated rings. The monoisotopic (exact) mass is 398 g/mol. The minimum Gasteiger partial charge on any atom is -0.494 e. The van der Waals surface area contributed by atoms with Crippen LogP contribution in [0, 0.1) is 0 Å². The number of carbonyl (C=O) groups excluding carboxylic acids is 2. The molecule has 0 saturated heterocycles. The fraction of sp³-hybridized carbons (Fsp3) is 0.250. The molecule has 144 valence electrons. The van der Waals surface area contributed by atoms with E-state index in [-0.39, 0.29) is 24.9 Å². The summed E-state index contributed by atoms with van der Waals surface area (Å²) in [7, 11) is 0. The van der Waals surface area contributed by atoms with Crippen LogP contribution >= 0.6 is 11.3 Å². The number of carbonyl (C=O) groups is 2. The summed E-state index contributed by atoms with van der Waals surface area (Å²) in [6.07, 6.45) is 1.27. The number of nitrogens with zero attached hydrogens (tertiary/aromatic N) is 2. The van der Waals surface area contributed by atoms with Crippen LogP contribution in [-0.2, 0) is 30.3 Å². The molecule has 8 heteroatoms. The summed E-state index contributed by atoms with van der Waals surface area (Å²) < 4.78 is 18.2. The van der Waals surface area contributed by atoms with Crippen LogP contribution in [0.2, 0.25) is 0 Å². The van der Waals surface area contributed by atoms with Gasteiger partial charge in [0.1, 0.15) is 26.0 Å². The molecule has 0 radical (unpaired) electrons. The molecule has 1 aromatic heterocycles. The van der Waals surface area contributed by atoms with Crippen LogP contribution in [0.3, 0.4) is 0 Å². The molecule has 0 unspecified atom stereocenters. The highest BCUT2D eigenvalue weighted by Gasteiger charge is 2.17. The number of rotatable bonds is 4. The van der Waals surface area contributed by atoms with E-state index in [0.29, 0.717) is 18.0 Å². The summed E-state index contributed by atoms with van der Waals surface area (Å²) in [5.74, 6) is -0.884. The molecule has 0 atom stereocenters. The number of hydrogen-bond donors (Lipinski definition) is 0. The summed E-state index contributed by atoms with van der Waals surface area (Å²) in [5, 5.41) is 2.11. The molecular weight excluding hydrogens is 380 g/mol. The minimum absolute atomic E-state index is 0.0330. The molecule has 0 saturated carbocycles. The van der Waals surface area contributed by atoms with Gasteiger partial charge in [-0.1, -0.05) is 41.7 Å². The molecule has 1 amide bonds. The van der Waals surface area contributed by atoms with Gasteiger partial charge in [0.25, 0.3) is 0 Å². The second-order valence-electron chi connectivity index (χ2n) is 6.03. The standard InChI is InChI=1S/C20H18N2O5S/c1-2-26-17(23)11-22-15-8-7-13-5-3-4-6-14(13)18(15)28-20(22)21-19(24)16-12-25-9-10-27-16/h3-8,12H,2,9-11H2,1H3. The highest BCUT2D eigenvalue weighted by atomic mass is 32.1. The number of benzene rings is 2. The molecule has 1 aliphatic heterocycles. The molecule has 7 nitrogen and oxygen atoms in total. The van der Waals surface area contributed by atoms with E-state index in [9.17, 15) is 9.59 Å². The maximum Gasteiger partial charge on any atom is 0.326 e. The highest BCUT2D eigenvalue weighted by Crippen LogP contribution is 2.27. The predicted octanol–water partition coefficient (Wildman–Crippen LogP) is 2.73. The predicted molar refractivity (Wildman–Crippen MR) is 105 cm³/mol. The molecule has 0 N–H and O–H groups in total. The van der Waals surface area contributed by atoms with Crippen LogP contribution in [0.1, 0.15) is 6.92 Å². The molecule has 1 aliphatic rings. The third-order valence-electron chi connectivity index (χ3n) is 4.22. The van der Waals surface area contributed by atoms with Crippen LogP contribution in [0.5, 0.6) is 0 Å². The number of amides is 1. The van der Waals surface area contributed by atoms with Gasteiger partial charge in [-0.2, -0.15) is 4.99 Å². The Morgan fingerprint density at radius 2 is 2.07 bits per heavy atom. The summed E-state index contributed by atoms with van der Waals surface area (Å²) in [6, 6.07) is 11.9. The molecule has 2 heterocycles. The molecule has 28 heavy (non-hydrogen) atoms. The van der Waals surface area contributed by atoms with E-state index in [1.54, 1.807) is 11.5 Å². The van der Waals surface area contributed by atoms with Crippen molar-refractivity contribution < 1.29 is 23.8 Å². The Labute approximate surface area is 164 Å². The van der Waals surface area contributed by atoms with E-state index in [1.165, 1.54) is 17.6 Å². The minimum atomic E-state index is -0.548. The number of fused-ring (bicyclic) bond motifs is 3. The quantitative estimate of drug-likeness (QED) is 0.632. The largest absolute Gasteiger partial charge is 0.494 e. The Balaban J connectivity index is 1.88. The number of aromatic nitrogens is 1. The van der Waals surface area contributed by atoms with E-state index >= 15 is 0 Å². The molecule has 2 aromatic carbocycles. The second-order valence-corrected chi connectivity index (χ2v) is 7.01. The van der Waals surface area contributed by atoms with E-state index in [1.807, 2.05) is 36.4 Å². The van der Waals surface area contributed by atoms with Gasteiger partial charge in [0.2, 0.25) is 5.76 Å². The van der Waals surface area contributed by atoms with E-state index < -0.39 is 5.91 Å². The molecule has 4 rings (SSSR count). The van der Waals surface area contributed by atoms with Gasteiger partial charge in [0, 0.05) is 5.39 Å². The maximum atomic E-state index is 12.5. The van der Waals surface area contributed by atoms with Crippen LogP contribution in [0.4, 0.5) is 0 Å². The number of ether oxygens (including phenoxy) is 3. The zero-order valence-corrected chi connectivity index (χ0v) is 16.0. The van der Waals surface area contributed by atoms with Crippen molar-refractivity contribution >= 4 is 44.2 Å². The van der Waals surface area contributed by atoms with E-state index in [2.05, 4.69) is 4.99 Å². The lowest BCUT2D eigenvalue weighted by Crippen LogP contribution is -2.24. The smallest absolute Gasteiger partial charge is 0.326 e. The third kappa shape index (κ3) is 3.50. The second kappa shape index (κ2) is 7.85. The zero-order valence-electron chi connectivity index (χ0n) is 15.2. The van der Waals surface area contributed by atoms with Gasteiger partial charge in [-0.15, -0.1) is 0 Å². The first-order valence-corrected chi connectivity index (χ1v) is 9.69. The first-order chi connectivity index (χ1) is 13.7. The molecule has 0 spiro atoms. The molecule has 0 bridgehead atoms. The Hall–Kier alpha value is -3.13. The number of thiazole rings is 1. The lowest BCUT2D eigenvalue weighted by molar-refractivity contribution is -0.143. The van der Waals surface area contributed by atoms with Crippen LogP contribution < -0.4 is 4.80 Å². The lowest BCUT2D eigenvalue weighted by atomic mass is 10.1. The Morgan fingerprint density at radius 3 is 2.86 bits per heavy atom. The van der Waals surface area contributed by atoms with Crippen molar-refractivity contribution in [2.45, 2.75) is 13.5 Å². The topological polar surface area (TPSA) is 79.1 Å². The molecular formula is C20H18N2O5S. The zero-order chi connectivity index (χ0) is 19.5. The van der Waals surface area contributed by atoms with Gasteiger partial charge in [-0.05, 0) is 18.4 Å². The normalized spacial score (nSPS) is 14.5. The van der Waals surface area contributed by atoms with Crippen molar-refractivity contribution in [3.63, 3.8) is 0 Å². The van der Waals surface area contributed by atoms with Crippen molar-refractivity contribution in [1.29, 1.82) is 0 Å². The van der Waals surface area contributed by atoms with Crippen LogP contribution in [-0.4, -0.2) is 36.3 Å². The van der Waals surface area contributed by atoms with Gasteiger partial charge in [-0.3, -0.25) is 9.59 Å². The number of hydrogen-bond acceptors (Lipinski definition) is 6. The van der Waals surface area contributed by atoms with Gasteiger partial charge in [-0.25, -0.2) is 0 Å². The van der Waals surface area contributed by atoms with E-state index in [0.717, 1.165) is 21.0 Å². The van der Waals surface area contributed by atoms with Crippen molar-refractivity contribution in [1.82, 2.24) is 4.57 Å². The summed E-state index contributed by atoms with van der Waals surface area (Å²) in [5.41, 5.74) is 0.818. The Bertz CT molecular complexity index is 1160. The maximum absolute atomic E-state index is 12.5. The van der Waals surface area contributed by atoms with Gasteiger partial charge >= 0.3 is 11.9 Å². The summed E-state index contributed by atoms with van der Waals surface area (Å²) in [6.45, 7) is 2.70. The first-order valence-electron chi connectivity index (χ1n) is 8.87. The summed E-state index contributed by atoms with van der Waals surface area (Å²) in [4.78, 5) is 29.2. The van der Waals surface area contributed by atoms with Crippen molar-refractivity contribution in [2.75, 3.05) is 19.8 Å². The fourth-order valence-electron chi connectivity index (χ4n) is 2.99. The number of esters is 1. The Morgan fingerprint density at radius 1 is 1.21 bits per heavy atom. The lowest BCUT2D eigenvalue weighted by Gasteiger charge is -2.12. The molecule has 0 aliphatic carbocycles. The highest BCUT2D eigenvalue weighted by molar-refractivity contribution is 7.17. The first kappa shape index (κ1) is 18.2.